The van der Waals surface area contributed by atoms with E-state index in [2.05, 4.69) is 35.8 Å². The molecule has 0 aliphatic heterocycles. The standard InChI is InChI=1S/C38H34N8O21S4/c1-2-65-20-5-9-24(30(15-20)69(56,57)58)39-41-26-17-29(67-14-12-48)27(18-28(26)66-13-11-47)42-43-32-31(70(59,60)61)16-23-22(35(32)49)8-10-25(36(23)71(62,63)64)40-44-33-34(38(51)52)45-46(37(33)50)19-3-6-21(7-4-19)68(53,54)55/h3-10,15-18,45,47-49H,2,11-14H2,1H3,(H,51,52)(H,53,54,55)(H,56,57,58)(H,59,60,61)(H,62,63,64). The van der Waals surface area contributed by atoms with Crippen LogP contribution in [0.5, 0.6) is 23.0 Å². The van der Waals surface area contributed by atoms with Gasteiger partial charge in [0.15, 0.2) is 17.1 Å². The number of aliphatic hydroxyl groups is 2. The number of carboxylic acids is 1. The van der Waals surface area contributed by atoms with E-state index < -0.39 is 143 Å². The molecule has 1 aromatic heterocycles. The first-order chi connectivity index (χ1) is 33.3. The summed E-state index contributed by atoms with van der Waals surface area (Å²) in [7, 11) is -20.7. The van der Waals surface area contributed by atoms with Crippen LogP contribution in [0.15, 0.2) is 128 Å². The van der Waals surface area contributed by atoms with Gasteiger partial charge in [-0.25, -0.2) is 9.48 Å². The molecule has 0 unspecified atom stereocenters. The zero-order valence-corrected chi connectivity index (χ0v) is 38.9. The van der Waals surface area contributed by atoms with Crippen LogP contribution in [0.3, 0.4) is 0 Å². The SMILES string of the molecule is CCOc1ccc(N=Nc2cc(OCCO)c(N=Nc3c(S(=O)(=O)O)cc4c(S(=O)(=O)O)c(N=Nc5c(C(=O)O)[nH]n(-c6ccc(S(=O)(=O)O)cc6)c5=O)ccc4c3O)cc2OCCO)c(S(=O)(=O)O)c1. The molecule has 0 saturated heterocycles. The number of H-pyrrole nitrogens is 1. The molecule has 0 spiro atoms. The minimum absolute atomic E-state index is 0.0654. The highest BCUT2D eigenvalue weighted by Gasteiger charge is 2.29. The van der Waals surface area contributed by atoms with Crippen molar-refractivity contribution in [1.29, 1.82) is 0 Å². The summed E-state index contributed by atoms with van der Waals surface area (Å²) in [5.41, 5.74) is -6.37. The average molecular weight is 1070 g/mol. The third-order valence-corrected chi connectivity index (χ3v) is 12.8. The van der Waals surface area contributed by atoms with Gasteiger partial charge < -0.3 is 34.6 Å². The third-order valence-electron chi connectivity index (χ3n) is 9.21. The van der Waals surface area contributed by atoms with Crippen molar-refractivity contribution >= 4 is 91.3 Å². The zero-order chi connectivity index (χ0) is 52.2. The van der Waals surface area contributed by atoms with Gasteiger partial charge in [0.2, 0.25) is 0 Å². The largest absolute Gasteiger partial charge is 0.505 e. The second kappa shape index (κ2) is 20.8. The van der Waals surface area contributed by atoms with Crippen LogP contribution in [0.2, 0.25) is 0 Å². The highest BCUT2D eigenvalue weighted by molar-refractivity contribution is 7.87. The fourth-order valence-electron chi connectivity index (χ4n) is 6.24. The maximum Gasteiger partial charge on any atom is 0.356 e. The molecule has 0 amide bonds. The number of nitrogens with zero attached hydrogens (tertiary/aromatic N) is 7. The van der Waals surface area contributed by atoms with Crippen molar-refractivity contribution in [2.75, 3.05) is 33.0 Å². The van der Waals surface area contributed by atoms with E-state index in [1.807, 2.05) is 0 Å². The third kappa shape index (κ3) is 11.9. The molecule has 5 aromatic carbocycles. The van der Waals surface area contributed by atoms with Gasteiger partial charge in [-0.1, -0.05) is 0 Å². The normalized spacial score (nSPS) is 12.7. The summed E-state index contributed by atoms with van der Waals surface area (Å²) in [5.74, 6) is -3.56. The Bertz CT molecular complexity index is 3710. The smallest absolute Gasteiger partial charge is 0.356 e. The van der Waals surface area contributed by atoms with Crippen LogP contribution in [-0.4, -0.2) is 121 Å². The van der Waals surface area contributed by atoms with Gasteiger partial charge in [0, 0.05) is 29.0 Å². The van der Waals surface area contributed by atoms with E-state index in [0.29, 0.717) is 10.7 Å². The molecule has 376 valence electrons. The zero-order valence-electron chi connectivity index (χ0n) is 35.6. The number of phenols is 1. The summed E-state index contributed by atoms with van der Waals surface area (Å²) in [6, 6.07) is 11.4. The molecule has 0 bridgehead atoms. The van der Waals surface area contributed by atoms with E-state index >= 15 is 0 Å². The lowest BCUT2D eigenvalue weighted by Crippen LogP contribution is -2.14. The van der Waals surface area contributed by atoms with E-state index in [9.17, 15) is 81.9 Å². The summed E-state index contributed by atoms with van der Waals surface area (Å²) >= 11 is 0. The summed E-state index contributed by atoms with van der Waals surface area (Å²) in [4.78, 5) is 21.5. The molecule has 1 heterocycles. The number of azo groups is 3. The van der Waals surface area contributed by atoms with E-state index in [1.54, 1.807) is 6.92 Å². The molecule has 9 N–H and O–H groups in total. The molecule has 29 nitrogen and oxygen atoms in total. The average Bonchev–Trinajstić information content (AvgIpc) is 3.63. The first-order valence-electron chi connectivity index (χ1n) is 19.4. The molecule has 0 aliphatic carbocycles. The van der Waals surface area contributed by atoms with Gasteiger partial charge in [-0.2, -0.15) is 33.7 Å². The second-order valence-electron chi connectivity index (χ2n) is 13.9. The Kier molecular flexibility index (Phi) is 15.4. The number of nitrogens with one attached hydrogen (secondary N) is 1. The van der Waals surface area contributed by atoms with Crippen molar-refractivity contribution in [3.8, 4) is 28.7 Å². The van der Waals surface area contributed by atoms with Gasteiger partial charge in [-0.15, -0.1) is 30.7 Å². The molecule has 6 rings (SSSR count). The number of fused-ring (bicyclic) bond motifs is 1. The number of hydrogen-bond acceptors (Lipinski definition) is 22. The van der Waals surface area contributed by atoms with E-state index in [-0.39, 0.29) is 40.9 Å². The number of rotatable bonds is 20. The van der Waals surface area contributed by atoms with Gasteiger partial charge in [-0.3, -0.25) is 28.1 Å². The second-order valence-corrected chi connectivity index (χ2v) is 19.4. The first kappa shape index (κ1) is 52.8. The summed E-state index contributed by atoms with van der Waals surface area (Å²) in [6.45, 7) is -0.255. The van der Waals surface area contributed by atoms with Crippen molar-refractivity contribution < 1.29 is 91.3 Å². The van der Waals surface area contributed by atoms with Gasteiger partial charge in [-0.05, 0) is 61.5 Å². The Labute approximate surface area is 398 Å². The predicted octanol–water partition coefficient (Wildman–Crippen LogP) is 5.10. The minimum Gasteiger partial charge on any atom is -0.505 e. The highest BCUT2D eigenvalue weighted by Crippen LogP contribution is 2.47. The number of aromatic amines is 1. The Morgan fingerprint density at radius 2 is 1.14 bits per heavy atom. The Morgan fingerprint density at radius 1 is 0.606 bits per heavy atom. The molecule has 0 aliphatic rings. The molecular weight excluding hydrogens is 1030 g/mol. The lowest BCUT2D eigenvalue weighted by molar-refractivity contribution is 0.0690. The molecule has 0 saturated carbocycles. The maximum absolute atomic E-state index is 13.4. The van der Waals surface area contributed by atoms with Crippen molar-refractivity contribution in [1.82, 2.24) is 9.78 Å². The number of carbonyl (C=O) groups is 1. The monoisotopic (exact) mass is 1070 g/mol. The number of aromatic carboxylic acids is 1. The molecular formula is C38H34N8O21S4. The molecule has 71 heavy (non-hydrogen) atoms. The topological polar surface area (TPSA) is 455 Å². The number of hydrogen-bond donors (Lipinski definition) is 9. The fraction of sp³-hybridized carbons (Fsp3) is 0.158. The number of carboxylic acid groups (broad SMARTS) is 1. The number of aromatic nitrogens is 2. The maximum atomic E-state index is 13.4. The molecule has 0 radical (unpaired) electrons. The van der Waals surface area contributed by atoms with Crippen LogP contribution in [0, 0.1) is 0 Å². The van der Waals surface area contributed by atoms with Gasteiger partial charge in [0.25, 0.3) is 46.0 Å². The van der Waals surface area contributed by atoms with Crippen LogP contribution in [0.1, 0.15) is 17.4 Å². The van der Waals surface area contributed by atoms with Crippen molar-refractivity contribution in [2.24, 2.45) is 30.7 Å². The van der Waals surface area contributed by atoms with E-state index in [0.717, 1.165) is 60.7 Å². The fourth-order valence-corrected chi connectivity index (χ4v) is 8.82. The van der Waals surface area contributed by atoms with Crippen molar-refractivity contribution in [3.63, 3.8) is 0 Å². The lowest BCUT2D eigenvalue weighted by Gasteiger charge is -2.14. The molecule has 0 atom stereocenters. The number of aromatic hydroxyl groups is 1. The number of ether oxygens (including phenoxy) is 3. The van der Waals surface area contributed by atoms with Crippen LogP contribution in [-0.2, 0) is 40.5 Å². The van der Waals surface area contributed by atoms with Crippen LogP contribution < -0.4 is 19.8 Å². The van der Waals surface area contributed by atoms with Gasteiger partial charge >= 0.3 is 5.97 Å². The van der Waals surface area contributed by atoms with Crippen LogP contribution in [0.4, 0.5) is 34.1 Å². The number of phenolic OH excluding ortho intramolecular Hbond substituents is 1. The lowest BCUT2D eigenvalue weighted by atomic mass is 10.1. The Morgan fingerprint density at radius 3 is 1.66 bits per heavy atom. The van der Waals surface area contributed by atoms with Crippen LogP contribution in [0.25, 0.3) is 16.5 Å². The van der Waals surface area contributed by atoms with Crippen molar-refractivity contribution in [2.45, 2.75) is 26.5 Å². The first-order valence-corrected chi connectivity index (χ1v) is 25.1. The number of benzene rings is 5. The number of aliphatic hydroxyl groups excluding tert-OH is 2. The quantitative estimate of drug-likeness (QED) is 0.0355. The van der Waals surface area contributed by atoms with Gasteiger partial charge in [0.05, 0.1) is 30.4 Å². The van der Waals surface area contributed by atoms with Gasteiger partial charge in [0.1, 0.15) is 73.6 Å². The Balaban J connectivity index is 1.49. The summed E-state index contributed by atoms with van der Waals surface area (Å²) < 4.78 is 156. The summed E-state index contributed by atoms with van der Waals surface area (Å²) in [6.07, 6.45) is 0. The predicted molar refractivity (Wildman–Crippen MR) is 240 cm³/mol. The molecule has 33 heteroatoms. The van der Waals surface area contributed by atoms with E-state index in [4.69, 9.17) is 14.2 Å². The van der Waals surface area contributed by atoms with Crippen molar-refractivity contribution in [3.05, 3.63) is 88.8 Å². The van der Waals surface area contributed by atoms with E-state index in [1.165, 1.54) is 6.07 Å². The molecule has 6 aromatic rings. The summed E-state index contributed by atoms with van der Waals surface area (Å²) in [5, 5.41) is 63.8. The van der Waals surface area contributed by atoms with Crippen LogP contribution >= 0.6 is 0 Å². The Hall–Kier alpha value is -7.60. The molecule has 0 fully saturated rings. The minimum atomic E-state index is -5.58. The highest BCUT2D eigenvalue weighted by atomic mass is 32.2.